The number of hydrogen-bond donors (Lipinski definition) is 2. The number of nitrogens with zero attached hydrogens (tertiary/aromatic N) is 2. The molecule has 3 aliphatic heterocycles. The molecule has 3 saturated heterocycles. The van der Waals surface area contributed by atoms with Crippen LogP contribution in [0.4, 0.5) is 0 Å². The van der Waals surface area contributed by atoms with Crippen LogP contribution >= 0.6 is 0 Å². The van der Waals surface area contributed by atoms with Gasteiger partial charge in [0.15, 0.2) is 0 Å². The van der Waals surface area contributed by atoms with Crippen molar-refractivity contribution in [3.63, 3.8) is 0 Å². The number of piperidine rings is 1. The third-order valence-electron chi connectivity index (χ3n) is 13.3. The number of rotatable bonds is 10. The molecule has 10 heteroatoms. The molecule has 0 aromatic heterocycles. The Labute approximate surface area is 317 Å². The van der Waals surface area contributed by atoms with E-state index >= 15 is 0 Å². The van der Waals surface area contributed by atoms with E-state index in [0.717, 1.165) is 81.6 Å². The zero-order valence-electron chi connectivity index (χ0n) is 32.9. The monoisotopic (exact) mass is 726 g/mol. The first kappa shape index (κ1) is 38.3. The Morgan fingerprint density at radius 1 is 0.906 bits per heavy atom. The average Bonchev–Trinajstić information content (AvgIpc) is 3.74. The lowest BCUT2D eigenvalue weighted by Gasteiger charge is -2.43. The van der Waals surface area contributed by atoms with E-state index in [9.17, 15) is 14.4 Å². The minimum atomic E-state index is -0.707. The lowest BCUT2D eigenvalue weighted by molar-refractivity contribution is -0.140. The molecule has 2 aliphatic carbocycles. The molecular formula is C43H63BN4O5. The molecule has 3 heterocycles. The van der Waals surface area contributed by atoms with E-state index in [0.29, 0.717) is 30.9 Å². The molecule has 9 nitrogen and oxygen atoms in total. The van der Waals surface area contributed by atoms with E-state index in [-0.39, 0.29) is 47.1 Å². The van der Waals surface area contributed by atoms with Crippen molar-refractivity contribution in [3.05, 3.63) is 48.0 Å². The van der Waals surface area contributed by atoms with Crippen LogP contribution in [-0.2, 0) is 18.9 Å². The number of likely N-dealkylation sites (tertiary alicyclic amines) is 2. The van der Waals surface area contributed by atoms with Gasteiger partial charge in [0, 0.05) is 18.2 Å². The Morgan fingerprint density at radius 3 is 2.36 bits per heavy atom. The average molecular weight is 727 g/mol. The van der Waals surface area contributed by atoms with Crippen molar-refractivity contribution in [3.8, 4) is 0 Å². The lowest BCUT2D eigenvalue weighted by Crippen LogP contribution is -2.58. The molecule has 2 aromatic rings. The third kappa shape index (κ3) is 8.65. The highest BCUT2D eigenvalue weighted by molar-refractivity contribution is 6.48. The van der Waals surface area contributed by atoms with Gasteiger partial charge in [0.25, 0.3) is 5.91 Å². The van der Waals surface area contributed by atoms with Gasteiger partial charge in [-0.3, -0.25) is 19.3 Å². The highest BCUT2D eigenvalue weighted by Gasteiger charge is 2.56. The summed E-state index contributed by atoms with van der Waals surface area (Å²) in [5, 5.41) is 8.63. The lowest BCUT2D eigenvalue weighted by atomic mass is 9.69. The summed E-state index contributed by atoms with van der Waals surface area (Å²) < 4.78 is 13.3. The van der Waals surface area contributed by atoms with E-state index in [4.69, 9.17) is 9.31 Å². The van der Waals surface area contributed by atoms with Crippen LogP contribution < -0.4 is 10.6 Å². The van der Waals surface area contributed by atoms with Crippen molar-refractivity contribution in [2.75, 3.05) is 19.6 Å². The first-order valence-electron chi connectivity index (χ1n) is 20.9. The molecule has 2 N–H and O–H groups in total. The van der Waals surface area contributed by atoms with Gasteiger partial charge in [-0.05, 0) is 105 Å². The number of benzene rings is 2. The number of carbonyl (C=O) groups excluding carboxylic acids is 3. The van der Waals surface area contributed by atoms with Gasteiger partial charge in [0.2, 0.25) is 11.8 Å². The maximum absolute atomic E-state index is 15.0. The van der Waals surface area contributed by atoms with E-state index < -0.39 is 24.8 Å². The summed E-state index contributed by atoms with van der Waals surface area (Å²) in [6.07, 6.45) is 13.2. The summed E-state index contributed by atoms with van der Waals surface area (Å²) in [5.41, 5.74) is 0.321. The minimum Gasteiger partial charge on any atom is -0.404 e. The highest BCUT2D eigenvalue weighted by atomic mass is 16.7. The standard InChI is InChI=1S/C43H63BN4O5/c1-29(2)38(44-52-37-20-21-42(3,4)28-43(37,5)53-44)46-40(50)36-26-34(47-22-12-7-13-23-47)27-48(36)41(51)35(24-30-14-8-6-9-15-30)45-39(49)33-19-18-31-16-10-11-17-32(31)25-33/h10-11,16-19,25,29-30,34-38H,6-9,12-15,20-24,26-28H2,1-5H3,(H,45,49)(H,46,50)/t34-,35-,36+,37-,38+,43+/m1/s1. The number of amides is 3. The molecule has 3 amide bonds. The Kier molecular flexibility index (Phi) is 11.6. The van der Waals surface area contributed by atoms with Crippen LogP contribution in [0.5, 0.6) is 0 Å². The van der Waals surface area contributed by atoms with E-state index in [2.05, 4.69) is 50.2 Å². The van der Waals surface area contributed by atoms with Crippen molar-refractivity contribution >= 4 is 35.6 Å². The fourth-order valence-corrected chi connectivity index (χ4v) is 10.3. The van der Waals surface area contributed by atoms with Crippen LogP contribution in [0.25, 0.3) is 10.8 Å². The van der Waals surface area contributed by atoms with Gasteiger partial charge in [0.05, 0.1) is 17.6 Å². The van der Waals surface area contributed by atoms with Crippen LogP contribution in [0.15, 0.2) is 42.5 Å². The van der Waals surface area contributed by atoms with Crippen molar-refractivity contribution < 1.29 is 23.7 Å². The molecular weight excluding hydrogens is 663 g/mol. The molecule has 5 aliphatic rings. The molecule has 6 atom stereocenters. The Bertz CT molecular complexity index is 1620. The summed E-state index contributed by atoms with van der Waals surface area (Å²) in [6, 6.07) is 12.5. The summed E-state index contributed by atoms with van der Waals surface area (Å²) >= 11 is 0. The molecule has 288 valence electrons. The molecule has 2 saturated carbocycles. The summed E-state index contributed by atoms with van der Waals surface area (Å²) in [5.74, 6) is -0.472. The van der Waals surface area contributed by atoms with Gasteiger partial charge >= 0.3 is 7.12 Å². The molecule has 0 radical (unpaired) electrons. The van der Waals surface area contributed by atoms with Crippen LogP contribution in [-0.4, -0.2) is 90.0 Å². The quantitative estimate of drug-likeness (QED) is 0.258. The Balaban J connectivity index is 1.13. The summed E-state index contributed by atoms with van der Waals surface area (Å²) in [4.78, 5) is 47.8. The minimum absolute atomic E-state index is 0.00141. The zero-order chi connectivity index (χ0) is 37.3. The maximum Gasteiger partial charge on any atom is 0.481 e. The second-order valence-corrected chi connectivity index (χ2v) is 18.4. The first-order chi connectivity index (χ1) is 25.4. The summed E-state index contributed by atoms with van der Waals surface area (Å²) in [7, 11) is -0.549. The van der Waals surface area contributed by atoms with Crippen molar-refractivity contribution in [1.29, 1.82) is 0 Å². The Morgan fingerprint density at radius 2 is 1.62 bits per heavy atom. The van der Waals surface area contributed by atoms with E-state index in [1.165, 1.54) is 12.8 Å². The van der Waals surface area contributed by atoms with E-state index in [1.807, 2.05) is 47.4 Å². The van der Waals surface area contributed by atoms with Gasteiger partial charge in [0.1, 0.15) is 12.1 Å². The Hall–Kier alpha value is -2.95. The predicted molar refractivity (Wildman–Crippen MR) is 210 cm³/mol. The van der Waals surface area contributed by atoms with Crippen LogP contribution in [0, 0.1) is 17.3 Å². The van der Waals surface area contributed by atoms with E-state index in [1.54, 1.807) is 0 Å². The molecule has 53 heavy (non-hydrogen) atoms. The smallest absolute Gasteiger partial charge is 0.404 e. The topological polar surface area (TPSA) is 100 Å². The number of carbonyl (C=O) groups is 3. The van der Waals surface area contributed by atoms with Crippen molar-refractivity contribution in [2.24, 2.45) is 17.3 Å². The molecule has 7 rings (SSSR count). The first-order valence-corrected chi connectivity index (χ1v) is 20.9. The molecule has 0 unspecified atom stereocenters. The van der Waals surface area contributed by atoms with Crippen molar-refractivity contribution in [1.82, 2.24) is 20.4 Å². The third-order valence-corrected chi connectivity index (χ3v) is 13.3. The highest BCUT2D eigenvalue weighted by Crippen LogP contribution is 2.48. The van der Waals surface area contributed by atoms with Gasteiger partial charge in [-0.2, -0.15) is 0 Å². The predicted octanol–water partition coefficient (Wildman–Crippen LogP) is 6.92. The molecule has 0 spiro atoms. The fourth-order valence-electron chi connectivity index (χ4n) is 10.3. The number of nitrogens with one attached hydrogen (secondary N) is 2. The second kappa shape index (κ2) is 16.0. The molecule has 0 bridgehead atoms. The largest absolute Gasteiger partial charge is 0.481 e. The van der Waals surface area contributed by atoms with Gasteiger partial charge in [-0.1, -0.05) is 96.6 Å². The van der Waals surface area contributed by atoms with Gasteiger partial charge in [-0.25, -0.2) is 0 Å². The molecule has 5 fully saturated rings. The SMILES string of the molecule is CC(C)[C@H](NC(=O)[C@@H]1C[C@@H](N2CCCCC2)CN1C(=O)[C@@H](CC1CCCCC1)NC(=O)c1ccc2ccccc2c1)B1O[C@@H]2CCC(C)(C)C[C@]2(C)O1. The second-order valence-electron chi connectivity index (χ2n) is 18.4. The fraction of sp³-hybridized carbons (Fsp3) is 0.698. The van der Waals surface area contributed by atoms with Gasteiger partial charge < -0.3 is 24.8 Å². The number of hydrogen-bond acceptors (Lipinski definition) is 6. The maximum atomic E-state index is 15.0. The normalized spacial score (nSPS) is 29.2. The van der Waals surface area contributed by atoms with Crippen LogP contribution in [0.2, 0.25) is 0 Å². The van der Waals surface area contributed by atoms with Gasteiger partial charge in [-0.15, -0.1) is 0 Å². The number of fused-ring (bicyclic) bond motifs is 2. The molecule has 2 aromatic carbocycles. The zero-order valence-corrected chi connectivity index (χ0v) is 32.9. The summed E-state index contributed by atoms with van der Waals surface area (Å²) in [6.45, 7) is 13.4. The van der Waals surface area contributed by atoms with Crippen LogP contribution in [0.1, 0.15) is 128 Å². The van der Waals surface area contributed by atoms with Crippen LogP contribution in [0.3, 0.4) is 0 Å². The van der Waals surface area contributed by atoms with Crippen molar-refractivity contribution in [2.45, 2.75) is 154 Å².